The zero-order valence-corrected chi connectivity index (χ0v) is 12.0. The quantitative estimate of drug-likeness (QED) is 0.755. The van der Waals surface area contributed by atoms with Gasteiger partial charge >= 0.3 is 0 Å². The Balaban J connectivity index is 1.74. The Hall–Kier alpha value is -1.32. The second kappa shape index (κ2) is 7.31. The molecule has 1 unspecified atom stereocenters. The summed E-state index contributed by atoms with van der Waals surface area (Å²) in [5, 5.41) is 0.658. The number of hydrogen-bond acceptors (Lipinski definition) is 2. The standard InChI is InChI=1S/C15H15ClO2S/c16-13-6-4-7-14(12-13)18-10-5-11-19(17)15-8-2-1-3-9-15/h1-4,6-9,12H,5,10-11H2. The topological polar surface area (TPSA) is 26.3 Å². The van der Waals surface area contributed by atoms with Crippen LogP contribution in [-0.4, -0.2) is 16.6 Å². The molecule has 0 spiro atoms. The van der Waals surface area contributed by atoms with Gasteiger partial charge in [0.15, 0.2) is 0 Å². The first-order chi connectivity index (χ1) is 9.25. The van der Waals surface area contributed by atoms with Crippen molar-refractivity contribution in [2.45, 2.75) is 11.3 Å². The van der Waals surface area contributed by atoms with Gasteiger partial charge in [-0.15, -0.1) is 0 Å². The molecule has 0 bridgehead atoms. The van der Waals surface area contributed by atoms with Crippen LogP contribution in [0.3, 0.4) is 0 Å². The summed E-state index contributed by atoms with van der Waals surface area (Å²) in [6.45, 7) is 0.541. The molecule has 4 heteroatoms. The van der Waals surface area contributed by atoms with Crippen molar-refractivity contribution < 1.29 is 8.95 Å². The van der Waals surface area contributed by atoms with E-state index in [1.165, 1.54) is 0 Å². The van der Waals surface area contributed by atoms with Gasteiger partial charge in [-0.2, -0.15) is 0 Å². The van der Waals surface area contributed by atoms with Gasteiger partial charge in [0.1, 0.15) is 5.75 Å². The van der Waals surface area contributed by atoms with E-state index >= 15 is 0 Å². The minimum absolute atomic E-state index is 0.541. The van der Waals surface area contributed by atoms with Crippen LogP contribution in [0.5, 0.6) is 5.75 Å². The maximum atomic E-state index is 11.9. The van der Waals surface area contributed by atoms with E-state index in [-0.39, 0.29) is 0 Å². The molecule has 2 nitrogen and oxygen atoms in total. The molecule has 2 aromatic carbocycles. The highest BCUT2D eigenvalue weighted by atomic mass is 35.5. The Bertz CT molecular complexity index is 543. The molecular weight excluding hydrogens is 280 g/mol. The van der Waals surface area contributed by atoms with E-state index < -0.39 is 10.8 Å². The Labute approximate surface area is 120 Å². The molecular formula is C15H15ClO2S. The van der Waals surface area contributed by atoms with Gasteiger partial charge in [0.2, 0.25) is 0 Å². The molecule has 0 aliphatic rings. The minimum Gasteiger partial charge on any atom is -0.494 e. The van der Waals surface area contributed by atoms with Gasteiger partial charge in [-0.3, -0.25) is 4.21 Å². The Kier molecular flexibility index (Phi) is 5.43. The van der Waals surface area contributed by atoms with E-state index in [2.05, 4.69) is 0 Å². The van der Waals surface area contributed by atoms with E-state index in [0.717, 1.165) is 17.1 Å². The summed E-state index contributed by atoms with van der Waals surface area (Å²) in [7, 11) is -0.952. The van der Waals surface area contributed by atoms with Crippen LogP contribution in [0.4, 0.5) is 0 Å². The largest absolute Gasteiger partial charge is 0.494 e. The summed E-state index contributed by atoms with van der Waals surface area (Å²) < 4.78 is 17.5. The Morgan fingerprint density at radius 3 is 2.58 bits per heavy atom. The third kappa shape index (κ3) is 4.69. The zero-order valence-electron chi connectivity index (χ0n) is 10.4. The highest BCUT2D eigenvalue weighted by Gasteiger charge is 2.03. The van der Waals surface area contributed by atoms with Crippen molar-refractivity contribution in [3.05, 3.63) is 59.6 Å². The van der Waals surface area contributed by atoms with Crippen molar-refractivity contribution in [3.8, 4) is 5.75 Å². The Morgan fingerprint density at radius 1 is 1.05 bits per heavy atom. The molecule has 19 heavy (non-hydrogen) atoms. The molecule has 0 N–H and O–H groups in total. The maximum Gasteiger partial charge on any atom is 0.120 e. The van der Waals surface area contributed by atoms with Crippen LogP contribution in [0.1, 0.15) is 6.42 Å². The molecule has 100 valence electrons. The molecule has 0 radical (unpaired) electrons. The van der Waals surface area contributed by atoms with Crippen molar-refractivity contribution in [3.63, 3.8) is 0 Å². The fraction of sp³-hybridized carbons (Fsp3) is 0.200. The molecule has 1 atom stereocenters. The Morgan fingerprint density at radius 2 is 1.84 bits per heavy atom. The molecule has 0 fully saturated rings. The lowest BCUT2D eigenvalue weighted by Crippen LogP contribution is -2.04. The van der Waals surface area contributed by atoms with Gasteiger partial charge in [-0.05, 0) is 36.8 Å². The van der Waals surface area contributed by atoms with E-state index in [0.29, 0.717) is 17.4 Å². The van der Waals surface area contributed by atoms with Crippen molar-refractivity contribution in [1.82, 2.24) is 0 Å². The highest BCUT2D eigenvalue weighted by Crippen LogP contribution is 2.17. The summed E-state index contributed by atoms with van der Waals surface area (Å²) in [4.78, 5) is 0.866. The molecule has 2 aromatic rings. The summed E-state index contributed by atoms with van der Waals surface area (Å²) >= 11 is 5.86. The number of hydrogen-bond donors (Lipinski definition) is 0. The summed E-state index contributed by atoms with van der Waals surface area (Å²) in [5.41, 5.74) is 0. The van der Waals surface area contributed by atoms with Crippen molar-refractivity contribution in [2.75, 3.05) is 12.4 Å². The molecule has 0 saturated heterocycles. The average Bonchev–Trinajstić information content (AvgIpc) is 2.44. The van der Waals surface area contributed by atoms with Gasteiger partial charge in [0, 0.05) is 15.7 Å². The van der Waals surface area contributed by atoms with E-state index in [1.54, 1.807) is 12.1 Å². The molecule has 0 saturated carbocycles. The number of rotatable bonds is 6. The second-order valence-corrected chi connectivity index (χ2v) is 6.03. The van der Waals surface area contributed by atoms with E-state index in [4.69, 9.17) is 16.3 Å². The van der Waals surface area contributed by atoms with Gasteiger partial charge in [-0.1, -0.05) is 35.9 Å². The fourth-order valence-corrected chi connectivity index (χ4v) is 2.88. The second-order valence-electron chi connectivity index (χ2n) is 4.02. The number of ether oxygens (including phenoxy) is 1. The van der Waals surface area contributed by atoms with Crippen LogP contribution < -0.4 is 4.74 Å². The lowest BCUT2D eigenvalue weighted by atomic mass is 10.3. The molecule has 0 heterocycles. The smallest absolute Gasteiger partial charge is 0.120 e. The molecule has 0 aliphatic carbocycles. The first kappa shape index (κ1) is 14.1. The van der Waals surface area contributed by atoms with Crippen LogP contribution in [0.15, 0.2) is 59.5 Å². The van der Waals surface area contributed by atoms with Crippen molar-refractivity contribution in [2.24, 2.45) is 0 Å². The van der Waals surface area contributed by atoms with Gasteiger partial charge in [0.05, 0.1) is 17.4 Å². The third-order valence-electron chi connectivity index (χ3n) is 2.54. The van der Waals surface area contributed by atoms with Gasteiger partial charge in [0.25, 0.3) is 0 Å². The van der Waals surface area contributed by atoms with Crippen LogP contribution in [0, 0.1) is 0 Å². The predicted octanol–water partition coefficient (Wildman–Crippen LogP) is 3.92. The predicted molar refractivity (Wildman–Crippen MR) is 79.3 cm³/mol. The number of halogens is 1. The third-order valence-corrected chi connectivity index (χ3v) is 4.24. The average molecular weight is 295 g/mol. The lowest BCUT2D eigenvalue weighted by molar-refractivity contribution is 0.318. The molecule has 0 amide bonds. The van der Waals surface area contributed by atoms with E-state index in [9.17, 15) is 4.21 Å². The zero-order chi connectivity index (χ0) is 13.5. The first-order valence-corrected chi connectivity index (χ1v) is 7.77. The minimum atomic E-state index is -0.952. The van der Waals surface area contributed by atoms with Gasteiger partial charge < -0.3 is 4.74 Å². The van der Waals surface area contributed by atoms with Crippen LogP contribution in [0.2, 0.25) is 5.02 Å². The summed E-state index contributed by atoms with van der Waals surface area (Å²) in [5.74, 6) is 1.35. The van der Waals surface area contributed by atoms with E-state index in [1.807, 2.05) is 42.5 Å². The number of benzene rings is 2. The SMILES string of the molecule is O=S(CCCOc1cccc(Cl)c1)c1ccccc1. The molecule has 2 rings (SSSR count). The molecule has 0 aliphatic heterocycles. The lowest BCUT2D eigenvalue weighted by Gasteiger charge is -2.06. The first-order valence-electron chi connectivity index (χ1n) is 6.07. The normalized spacial score (nSPS) is 12.1. The van der Waals surface area contributed by atoms with Crippen LogP contribution >= 0.6 is 11.6 Å². The highest BCUT2D eigenvalue weighted by molar-refractivity contribution is 7.85. The van der Waals surface area contributed by atoms with Crippen molar-refractivity contribution in [1.29, 1.82) is 0 Å². The van der Waals surface area contributed by atoms with Crippen LogP contribution in [0.25, 0.3) is 0 Å². The summed E-state index contributed by atoms with van der Waals surface area (Å²) in [6, 6.07) is 16.8. The molecule has 0 aromatic heterocycles. The fourth-order valence-electron chi connectivity index (χ4n) is 1.63. The monoisotopic (exact) mass is 294 g/mol. The van der Waals surface area contributed by atoms with Crippen molar-refractivity contribution >= 4 is 22.4 Å². The summed E-state index contributed by atoms with van der Waals surface area (Å²) in [6.07, 6.45) is 0.744. The van der Waals surface area contributed by atoms with Crippen LogP contribution in [-0.2, 0) is 10.8 Å². The maximum absolute atomic E-state index is 11.9. The van der Waals surface area contributed by atoms with Gasteiger partial charge in [-0.25, -0.2) is 0 Å².